The lowest BCUT2D eigenvalue weighted by atomic mass is 9.33. The van der Waals surface area contributed by atoms with Crippen molar-refractivity contribution in [3.63, 3.8) is 0 Å². The Labute approximate surface area is 364 Å². The summed E-state index contributed by atoms with van der Waals surface area (Å²) in [5.41, 5.74) is 1.92. The molecule has 0 saturated heterocycles. The van der Waals surface area contributed by atoms with Crippen LogP contribution in [-0.2, 0) is 30.5 Å². The van der Waals surface area contributed by atoms with Gasteiger partial charge >= 0.3 is 11.9 Å². The van der Waals surface area contributed by atoms with Gasteiger partial charge in [0.2, 0.25) is 5.91 Å². The first-order chi connectivity index (χ1) is 27.9. The molecule has 0 bridgehead atoms. The van der Waals surface area contributed by atoms with Gasteiger partial charge in [0.15, 0.2) is 5.78 Å². The number of halogens is 1. The Kier molecular flexibility index (Phi) is 11.8. The van der Waals surface area contributed by atoms with Gasteiger partial charge in [-0.3, -0.25) is 19.2 Å². The molecule has 6 aliphatic carbocycles. The minimum absolute atomic E-state index is 0.0294. The molecule has 6 aliphatic rings. The first-order valence-electron chi connectivity index (χ1n) is 23.0. The van der Waals surface area contributed by atoms with Crippen LogP contribution in [0.15, 0.2) is 29.3 Å². The standard InChI is InChI=1S/C50H73ClN2O7/c1-29(2)41-35(54)26-50(27-40(55)52-28-30-12-13-31(51)24-36(30)59-23-22-53(10)11)21-20-48(8)32(42(41)50)14-15-38-47(7)18-17-39(46(5,6)37(47)16-19-49(38,48)9)60-44(58)34-25-33(43(56)57)45(34,3)4/h12-13,24,29,32-34,37-39H,14-23,25-28H2,1-11H3,(H,52,55)(H,56,57)/t32-,33+,34-,37+,38-,39+,47+,48-,49-,50+/m1/s1. The SMILES string of the molecule is CC(C)C1=C2[C@H]3CC[C@@H]4[C@@]5(C)CC[C@H](OC(=O)[C@H]6C[C@@H](C(=O)O)C6(C)C)C(C)(C)[C@@H]5CC[C@@]4(C)[C@]3(C)CC[C@@]2(CC(=O)NCc2ccc(Cl)cc2OCCN(C)C)CC1=O. The van der Waals surface area contributed by atoms with Gasteiger partial charge in [-0.15, -0.1) is 0 Å². The molecule has 0 heterocycles. The highest BCUT2D eigenvalue weighted by molar-refractivity contribution is 6.30. The summed E-state index contributed by atoms with van der Waals surface area (Å²) in [4.78, 5) is 55.9. The van der Waals surface area contributed by atoms with E-state index in [0.29, 0.717) is 55.0 Å². The number of rotatable bonds is 12. The van der Waals surface area contributed by atoms with Gasteiger partial charge in [0, 0.05) is 47.3 Å². The third-order valence-corrected chi connectivity index (χ3v) is 18.7. The van der Waals surface area contributed by atoms with Gasteiger partial charge in [0.05, 0.1) is 11.8 Å². The number of aliphatic carboxylic acids is 1. The minimum Gasteiger partial charge on any atom is -0.492 e. The van der Waals surface area contributed by atoms with Gasteiger partial charge in [-0.1, -0.05) is 85.6 Å². The molecule has 0 aromatic heterocycles. The van der Waals surface area contributed by atoms with Crippen LogP contribution in [0.25, 0.3) is 0 Å². The predicted octanol–water partition coefficient (Wildman–Crippen LogP) is 9.93. The van der Waals surface area contributed by atoms with E-state index in [2.05, 4.69) is 58.7 Å². The Morgan fingerprint density at radius 1 is 0.900 bits per heavy atom. The number of ether oxygens (including phenoxy) is 2. The Morgan fingerprint density at radius 2 is 1.62 bits per heavy atom. The number of Topliss-reactive ketones (excluding diaryl/α,β-unsaturated/α-hetero) is 1. The normalized spacial score (nSPS) is 37.7. The van der Waals surface area contributed by atoms with Crippen molar-refractivity contribution < 1.29 is 33.8 Å². The molecule has 0 aliphatic heterocycles. The van der Waals surface area contributed by atoms with E-state index in [1.165, 1.54) is 5.57 Å². The van der Waals surface area contributed by atoms with Crippen LogP contribution in [0, 0.1) is 68.0 Å². The Morgan fingerprint density at radius 3 is 2.27 bits per heavy atom. The van der Waals surface area contributed by atoms with E-state index in [1.807, 2.05) is 46.1 Å². The van der Waals surface area contributed by atoms with Crippen LogP contribution < -0.4 is 10.1 Å². The summed E-state index contributed by atoms with van der Waals surface area (Å²) in [5, 5.41) is 13.5. The highest BCUT2D eigenvalue weighted by Gasteiger charge is 2.70. The fourth-order valence-electron chi connectivity index (χ4n) is 14.8. The number of nitrogens with one attached hydrogen (secondary N) is 1. The first kappa shape index (κ1) is 45.1. The molecule has 1 aromatic carbocycles. The number of ketones is 1. The Balaban J connectivity index is 1.10. The molecule has 60 heavy (non-hydrogen) atoms. The summed E-state index contributed by atoms with van der Waals surface area (Å²) in [6.45, 7) is 21.9. The van der Waals surface area contributed by atoms with E-state index in [1.54, 1.807) is 0 Å². The van der Waals surface area contributed by atoms with Crippen LogP contribution in [-0.4, -0.2) is 67.0 Å². The van der Waals surface area contributed by atoms with Gasteiger partial charge < -0.3 is 24.8 Å². The van der Waals surface area contributed by atoms with Crippen molar-refractivity contribution in [2.45, 2.75) is 146 Å². The molecule has 0 unspecified atom stereocenters. The molecular formula is C50H73ClN2O7. The number of benzene rings is 1. The smallest absolute Gasteiger partial charge is 0.309 e. The maximum absolute atomic E-state index is 14.2. The average Bonchev–Trinajstić information content (AvgIpc) is 3.43. The number of allylic oxidation sites excluding steroid dienone is 2. The van der Waals surface area contributed by atoms with E-state index in [4.69, 9.17) is 21.1 Å². The zero-order valence-electron chi connectivity index (χ0n) is 38.4. The molecule has 1 aromatic rings. The van der Waals surface area contributed by atoms with Crippen LogP contribution in [0.2, 0.25) is 5.02 Å². The monoisotopic (exact) mass is 849 g/mol. The third-order valence-electron chi connectivity index (χ3n) is 18.4. The second-order valence-corrected chi connectivity index (χ2v) is 23.1. The molecule has 0 spiro atoms. The van der Waals surface area contributed by atoms with Crippen LogP contribution >= 0.6 is 11.6 Å². The number of carbonyl (C=O) groups excluding carboxylic acids is 3. The molecule has 1 amide bonds. The molecule has 5 saturated carbocycles. The number of amides is 1. The van der Waals surface area contributed by atoms with Gasteiger partial charge in [-0.05, 0) is 135 Å². The highest BCUT2D eigenvalue weighted by atomic mass is 35.5. The third kappa shape index (κ3) is 7.15. The Bertz CT molecular complexity index is 1940. The predicted molar refractivity (Wildman–Crippen MR) is 234 cm³/mol. The molecule has 9 nitrogen and oxygen atoms in total. The van der Waals surface area contributed by atoms with Crippen molar-refractivity contribution in [3.05, 3.63) is 39.9 Å². The average molecular weight is 850 g/mol. The number of nitrogens with zero attached hydrogens (tertiary/aromatic N) is 1. The summed E-state index contributed by atoms with van der Waals surface area (Å²) in [6.07, 6.45) is 8.71. The van der Waals surface area contributed by atoms with Crippen molar-refractivity contribution in [2.75, 3.05) is 27.2 Å². The lowest BCUT2D eigenvalue weighted by molar-refractivity contribution is -0.236. The van der Waals surface area contributed by atoms with Crippen molar-refractivity contribution in [1.82, 2.24) is 10.2 Å². The maximum Gasteiger partial charge on any atom is 0.309 e. The Hall–Kier alpha value is -2.91. The van der Waals surface area contributed by atoms with Crippen molar-refractivity contribution in [1.29, 1.82) is 0 Å². The van der Waals surface area contributed by atoms with Crippen LogP contribution in [0.5, 0.6) is 5.75 Å². The van der Waals surface area contributed by atoms with Crippen LogP contribution in [0.1, 0.15) is 139 Å². The van der Waals surface area contributed by atoms with E-state index in [-0.39, 0.29) is 57.3 Å². The number of esters is 1. The van der Waals surface area contributed by atoms with Crippen molar-refractivity contribution in [2.24, 2.45) is 68.0 Å². The molecule has 10 atom stereocenters. The zero-order chi connectivity index (χ0) is 44.0. The minimum atomic E-state index is -0.835. The molecular weight excluding hydrogens is 776 g/mol. The number of hydrogen-bond donors (Lipinski definition) is 2. The second kappa shape index (κ2) is 15.7. The van der Waals surface area contributed by atoms with Gasteiger partial charge in [0.1, 0.15) is 18.5 Å². The quantitative estimate of drug-likeness (QED) is 0.200. The zero-order valence-corrected chi connectivity index (χ0v) is 39.2. The number of carbonyl (C=O) groups is 4. The summed E-state index contributed by atoms with van der Waals surface area (Å²) in [7, 11) is 4.00. The largest absolute Gasteiger partial charge is 0.492 e. The van der Waals surface area contributed by atoms with E-state index in [9.17, 15) is 24.3 Å². The summed E-state index contributed by atoms with van der Waals surface area (Å²) >= 11 is 6.35. The fraction of sp³-hybridized carbons (Fsp3) is 0.760. The summed E-state index contributed by atoms with van der Waals surface area (Å²) in [5.74, 6) is 0.0862. The highest BCUT2D eigenvalue weighted by Crippen LogP contribution is 2.77. The number of likely N-dealkylation sites (N-methyl/N-ethyl adjacent to an activating group) is 1. The van der Waals surface area contributed by atoms with E-state index >= 15 is 0 Å². The summed E-state index contributed by atoms with van der Waals surface area (Å²) < 4.78 is 12.5. The van der Waals surface area contributed by atoms with E-state index in [0.717, 1.165) is 69.0 Å². The van der Waals surface area contributed by atoms with Gasteiger partial charge in [-0.25, -0.2) is 0 Å². The van der Waals surface area contributed by atoms with Gasteiger partial charge in [-0.2, -0.15) is 0 Å². The summed E-state index contributed by atoms with van der Waals surface area (Å²) in [6, 6.07) is 5.56. The molecule has 332 valence electrons. The second-order valence-electron chi connectivity index (χ2n) is 22.6. The molecule has 0 radical (unpaired) electrons. The van der Waals surface area contributed by atoms with Crippen molar-refractivity contribution >= 4 is 35.2 Å². The maximum atomic E-state index is 14.2. The first-order valence-corrected chi connectivity index (χ1v) is 23.3. The number of hydrogen-bond acceptors (Lipinski definition) is 7. The van der Waals surface area contributed by atoms with Crippen LogP contribution in [0.4, 0.5) is 0 Å². The lowest BCUT2D eigenvalue weighted by Crippen LogP contribution is -2.66. The topological polar surface area (TPSA) is 122 Å². The number of carboxylic acid groups (broad SMARTS) is 1. The molecule has 10 heteroatoms. The molecule has 7 rings (SSSR count). The van der Waals surface area contributed by atoms with Crippen LogP contribution in [0.3, 0.4) is 0 Å². The number of carboxylic acids is 1. The molecule has 5 fully saturated rings. The lowest BCUT2D eigenvalue weighted by Gasteiger charge is -2.72. The fourth-order valence-corrected chi connectivity index (χ4v) is 15.0. The van der Waals surface area contributed by atoms with Crippen molar-refractivity contribution in [3.8, 4) is 5.75 Å². The van der Waals surface area contributed by atoms with E-state index < -0.39 is 28.6 Å². The van der Waals surface area contributed by atoms with Gasteiger partial charge in [0.25, 0.3) is 0 Å². The number of fused-ring (bicyclic) bond motifs is 7. The molecule has 2 N–H and O–H groups in total.